The van der Waals surface area contributed by atoms with Gasteiger partial charge in [-0.3, -0.25) is 19.2 Å². The van der Waals surface area contributed by atoms with Gasteiger partial charge in [0.15, 0.2) is 5.52 Å². The van der Waals surface area contributed by atoms with Crippen molar-refractivity contribution >= 4 is 16.9 Å². The second-order valence-electron chi connectivity index (χ2n) is 8.43. The first-order chi connectivity index (χ1) is 16.5. The zero-order valence-electron chi connectivity index (χ0n) is 20.0. The molecule has 0 atom stereocenters. The summed E-state index contributed by atoms with van der Waals surface area (Å²) in [4.78, 5) is 37.8. The van der Waals surface area contributed by atoms with Crippen molar-refractivity contribution in [1.29, 1.82) is 0 Å². The lowest BCUT2D eigenvalue weighted by atomic mass is 10.1. The molecule has 3 aromatic rings. The summed E-state index contributed by atoms with van der Waals surface area (Å²) in [6.45, 7) is 7.75. The van der Waals surface area contributed by atoms with Gasteiger partial charge in [0.25, 0.3) is 11.5 Å². The van der Waals surface area contributed by atoms with E-state index in [1.54, 1.807) is 29.9 Å². The van der Waals surface area contributed by atoms with Gasteiger partial charge in [-0.1, -0.05) is 13.3 Å². The van der Waals surface area contributed by atoms with E-state index in [1.807, 2.05) is 11.8 Å². The predicted molar refractivity (Wildman–Crippen MR) is 129 cm³/mol. The number of nitrogens with zero attached hydrogens (tertiary/aromatic N) is 5. The zero-order chi connectivity index (χ0) is 24.2. The number of aromatic amines is 1. The summed E-state index contributed by atoms with van der Waals surface area (Å²) in [6, 6.07) is 5.25. The molecular weight excluding hydrogens is 436 g/mol. The lowest BCUT2D eigenvalue weighted by Gasteiger charge is -2.34. The highest BCUT2D eigenvalue weighted by Crippen LogP contribution is 2.30. The molecule has 1 fully saturated rings. The number of aryl methyl sites for hydroxylation is 2. The van der Waals surface area contributed by atoms with Gasteiger partial charge in [0.2, 0.25) is 0 Å². The van der Waals surface area contributed by atoms with E-state index in [0.717, 1.165) is 25.2 Å². The standard InChI is InChI=1S/C24H32N6O4/c1-4-6-18-20-21(28(3)27-18)23(32)26-22(25-20)17-15-16(7-8-19(17)34-5-2)24(33)30-11-9-29(10-12-30)13-14-31/h7-8,15,31H,4-6,9-14H2,1-3H3,(H,25,26,32). The molecule has 2 N–H and O–H groups in total. The lowest BCUT2D eigenvalue weighted by Crippen LogP contribution is -2.49. The molecule has 0 saturated carbocycles. The van der Waals surface area contributed by atoms with E-state index in [1.165, 1.54) is 0 Å². The van der Waals surface area contributed by atoms with Gasteiger partial charge in [-0.05, 0) is 31.5 Å². The van der Waals surface area contributed by atoms with Gasteiger partial charge < -0.3 is 19.7 Å². The number of ether oxygens (including phenoxy) is 1. The van der Waals surface area contributed by atoms with Crippen molar-refractivity contribution in [1.82, 2.24) is 29.5 Å². The van der Waals surface area contributed by atoms with E-state index in [-0.39, 0.29) is 18.1 Å². The third-order valence-electron chi connectivity index (χ3n) is 6.11. The SMILES string of the molecule is CCCc1nn(C)c2c(=O)[nH]c(-c3cc(C(=O)N4CCN(CCO)CC4)ccc3OCC)nc12. The smallest absolute Gasteiger partial charge is 0.277 e. The van der Waals surface area contributed by atoms with E-state index < -0.39 is 0 Å². The Morgan fingerprint density at radius 2 is 1.97 bits per heavy atom. The van der Waals surface area contributed by atoms with E-state index >= 15 is 0 Å². The minimum absolute atomic E-state index is 0.0792. The molecule has 1 saturated heterocycles. The van der Waals surface area contributed by atoms with Crippen molar-refractivity contribution in [2.45, 2.75) is 26.7 Å². The van der Waals surface area contributed by atoms with Crippen molar-refractivity contribution < 1.29 is 14.6 Å². The molecule has 10 nitrogen and oxygen atoms in total. The number of benzene rings is 1. The van der Waals surface area contributed by atoms with Crippen LogP contribution in [-0.4, -0.2) is 86.5 Å². The van der Waals surface area contributed by atoms with Crippen molar-refractivity contribution in [2.75, 3.05) is 45.9 Å². The number of hydrogen-bond acceptors (Lipinski definition) is 7. The van der Waals surface area contributed by atoms with Crippen LogP contribution in [0.4, 0.5) is 0 Å². The summed E-state index contributed by atoms with van der Waals surface area (Å²) in [5.74, 6) is 0.827. The Morgan fingerprint density at radius 1 is 1.21 bits per heavy atom. The summed E-state index contributed by atoms with van der Waals surface area (Å²) < 4.78 is 7.37. The lowest BCUT2D eigenvalue weighted by molar-refractivity contribution is 0.0615. The highest BCUT2D eigenvalue weighted by Gasteiger charge is 2.24. The van der Waals surface area contributed by atoms with E-state index in [4.69, 9.17) is 14.8 Å². The number of hydrogen-bond donors (Lipinski definition) is 2. The van der Waals surface area contributed by atoms with Crippen LogP contribution in [0.2, 0.25) is 0 Å². The second-order valence-corrected chi connectivity index (χ2v) is 8.43. The van der Waals surface area contributed by atoms with Crippen LogP contribution in [0, 0.1) is 0 Å². The molecule has 1 aliphatic heterocycles. The molecule has 4 rings (SSSR count). The minimum atomic E-state index is -0.281. The van der Waals surface area contributed by atoms with Crippen molar-refractivity contribution in [3.8, 4) is 17.1 Å². The molecule has 2 aromatic heterocycles. The molecule has 0 unspecified atom stereocenters. The summed E-state index contributed by atoms with van der Waals surface area (Å²) in [7, 11) is 1.74. The van der Waals surface area contributed by atoms with Gasteiger partial charge in [0, 0.05) is 45.3 Å². The quantitative estimate of drug-likeness (QED) is 0.514. The van der Waals surface area contributed by atoms with Gasteiger partial charge in [0.1, 0.15) is 17.1 Å². The first kappa shape index (κ1) is 23.9. The van der Waals surface area contributed by atoms with E-state index in [9.17, 15) is 9.59 Å². The molecule has 182 valence electrons. The fourth-order valence-electron chi connectivity index (χ4n) is 4.41. The molecule has 1 aromatic carbocycles. The molecule has 1 amide bonds. The van der Waals surface area contributed by atoms with Crippen LogP contribution in [0.3, 0.4) is 0 Å². The summed E-state index contributed by atoms with van der Waals surface area (Å²) in [5, 5.41) is 13.6. The highest BCUT2D eigenvalue weighted by molar-refractivity contribution is 5.96. The van der Waals surface area contributed by atoms with E-state index in [0.29, 0.717) is 66.4 Å². The van der Waals surface area contributed by atoms with Crippen LogP contribution in [0.25, 0.3) is 22.4 Å². The molecule has 0 aliphatic carbocycles. The first-order valence-corrected chi connectivity index (χ1v) is 11.8. The Morgan fingerprint density at radius 3 is 2.65 bits per heavy atom. The van der Waals surface area contributed by atoms with Gasteiger partial charge in [-0.25, -0.2) is 4.98 Å². The number of carbonyl (C=O) groups is 1. The number of fused-ring (bicyclic) bond motifs is 1. The van der Waals surface area contributed by atoms with Gasteiger partial charge in [-0.15, -0.1) is 0 Å². The maximum absolute atomic E-state index is 13.3. The second kappa shape index (κ2) is 10.4. The molecule has 3 heterocycles. The van der Waals surface area contributed by atoms with E-state index in [2.05, 4.69) is 21.9 Å². The third-order valence-corrected chi connectivity index (χ3v) is 6.11. The Bertz CT molecular complexity index is 1230. The topological polar surface area (TPSA) is 117 Å². The molecule has 34 heavy (non-hydrogen) atoms. The monoisotopic (exact) mass is 468 g/mol. The fraction of sp³-hybridized carbons (Fsp3) is 0.500. The van der Waals surface area contributed by atoms with Gasteiger partial charge >= 0.3 is 0 Å². The number of amides is 1. The van der Waals surface area contributed by atoms with Crippen LogP contribution >= 0.6 is 0 Å². The largest absolute Gasteiger partial charge is 0.493 e. The number of carbonyl (C=O) groups excluding carboxylic acids is 1. The molecule has 10 heteroatoms. The van der Waals surface area contributed by atoms with Crippen molar-refractivity contribution in [3.63, 3.8) is 0 Å². The van der Waals surface area contributed by atoms with Crippen molar-refractivity contribution in [3.05, 3.63) is 39.8 Å². The van der Waals surface area contributed by atoms with Crippen molar-refractivity contribution in [2.24, 2.45) is 7.05 Å². The number of aliphatic hydroxyl groups is 1. The Balaban J connectivity index is 1.72. The zero-order valence-corrected chi connectivity index (χ0v) is 20.0. The average molecular weight is 469 g/mol. The van der Waals surface area contributed by atoms with Crippen LogP contribution in [-0.2, 0) is 13.5 Å². The fourth-order valence-corrected chi connectivity index (χ4v) is 4.41. The molecule has 0 spiro atoms. The third kappa shape index (κ3) is 4.69. The summed E-state index contributed by atoms with van der Waals surface area (Å²) in [5.41, 5.74) is 2.57. The van der Waals surface area contributed by atoms with Crippen LogP contribution in [0.15, 0.2) is 23.0 Å². The Labute approximate surface area is 198 Å². The molecule has 0 radical (unpaired) electrons. The number of rotatable bonds is 8. The first-order valence-electron chi connectivity index (χ1n) is 11.8. The number of H-pyrrole nitrogens is 1. The average Bonchev–Trinajstić information content (AvgIpc) is 3.15. The number of piperazine rings is 1. The van der Waals surface area contributed by atoms with Gasteiger partial charge in [-0.2, -0.15) is 5.10 Å². The highest BCUT2D eigenvalue weighted by atomic mass is 16.5. The molecule has 0 bridgehead atoms. The number of aromatic nitrogens is 4. The number of aliphatic hydroxyl groups excluding tert-OH is 1. The maximum atomic E-state index is 13.3. The maximum Gasteiger partial charge on any atom is 0.277 e. The number of β-amino-alcohol motifs (C(OH)–C–C–N with tert-alkyl or cyclic N) is 1. The van der Waals surface area contributed by atoms with Gasteiger partial charge in [0.05, 0.1) is 24.5 Å². The predicted octanol–water partition coefficient (Wildman–Crippen LogP) is 1.42. The normalized spacial score (nSPS) is 14.6. The van der Waals surface area contributed by atoms with Crippen LogP contribution in [0.5, 0.6) is 5.75 Å². The molecule has 1 aliphatic rings. The summed E-state index contributed by atoms with van der Waals surface area (Å²) >= 11 is 0. The van der Waals surface area contributed by atoms with Crippen LogP contribution in [0.1, 0.15) is 36.3 Å². The molecular formula is C24H32N6O4. The Hall–Kier alpha value is -3.24. The Kier molecular flexibility index (Phi) is 7.28. The van der Waals surface area contributed by atoms with Crippen LogP contribution < -0.4 is 10.3 Å². The summed E-state index contributed by atoms with van der Waals surface area (Å²) in [6.07, 6.45) is 1.60. The number of nitrogens with one attached hydrogen (secondary N) is 1. The minimum Gasteiger partial charge on any atom is -0.493 e.